The van der Waals surface area contributed by atoms with Crippen LogP contribution in [0.4, 0.5) is 0 Å². The maximum atomic E-state index is 12.9. The van der Waals surface area contributed by atoms with Gasteiger partial charge in [-0.3, -0.25) is 9.59 Å². The predicted molar refractivity (Wildman–Crippen MR) is 192 cm³/mol. The molecule has 0 spiro atoms. The van der Waals surface area contributed by atoms with E-state index < -0.39 is 35.9 Å². The van der Waals surface area contributed by atoms with Gasteiger partial charge in [-0.1, -0.05) is 115 Å². The van der Waals surface area contributed by atoms with Gasteiger partial charge >= 0.3 is 0 Å². The summed E-state index contributed by atoms with van der Waals surface area (Å²) in [6, 6.07) is 0. The maximum Gasteiger partial charge on any atom is 0.275 e. The molecule has 2 unspecified atom stereocenters. The van der Waals surface area contributed by atoms with Crippen LogP contribution in [0, 0.1) is 0 Å². The summed E-state index contributed by atoms with van der Waals surface area (Å²) in [5.74, 6) is -3.97. The Labute approximate surface area is 291 Å². The molecule has 0 saturated heterocycles. The van der Waals surface area contributed by atoms with Crippen LogP contribution in [0.15, 0.2) is 24.3 Å². The molecule has 9 heteroatoms. The molecule has 0 aromatic carbocycles. The summed E-state index contributed by atoms with van der Waals surface area (Å²) in [5, 5.41) is 67.2. The lowest BCUT2D eigenvalue weighted by Gasteiger charge is -2.29. The van der Waals surface area contributed by atoms with Gasteiger partial charge in [-0.25, -0.2) is 0 Å². The summed E-state index contributed by atoms with van der Waals surface area (Å²) in [6.45, 7) is 1.32. The fraction of sp³-hybridized carbons (Fsp3) is 0.846. The van der Waals surface area contributed by atoms with Crippen LogP contribution in [0.3, 0.4) is 0 Å². The van der Waals surface area contributed by atoms with E-state index in [0.717, 1.165) is 109 Å². The van der Waals surface area contributed by atoms with E-state index in [-0.39, 0.29) is 25.4 Å². The molecule has 0 rings (SSSR count). The highest BCUT2D eigenvalue weighted by atomic mass is 16.7. The number of Topliss-reactive ketones (excluding diaryl/α,β-unsaturated/α-hetero) is 2. The number of rotatable bonds is 35. The highest BCUT2D eigenvalue weighted by Crippen LogP contribution is 2.22. The first-order valence-electron chi connectivity index (χ1n) is 19.2. The fourth-order valence-corrected chi connectivity index (χ4v) is 5.88. The first-order valence-corrected chi connectivity index (χ1v) is 19.2. The second-order valence-corrected chi connectivity index (χ2v) is 13.7. The largest absolute Gasteiger partial charge is 0.394 e. The maximum absolute atomic E-state index is 12.9. The molecular weight excluding hydrogens is 612 g/mol. The van der Waals surface area contributed by atoms with Gasteiger partial charge in [-0.15, -0.1) is 0 Å². The molecule has 0 amide bonds. The third-order valence-electron chi connectivity index (χ3n) is 9.07. The van der Waals surface area contributed by atoms with Crippen molar-refractivity contribution in [1.29, 1.82) is 0 Å². The highest BCUT2D eigenvalue weighted by Gasteiger charge is 2.48. The van der Waals surface area contributed by atoms with Crippen LogP contribution in [-0.2, 0) is 9.59 Å². The van der Waals surface area contributed by atoms with Crippen LogP contribution in [0.5, 0.6) is 0 Å². The Morgan fingerprint density at radius 3 is 1.44 bits per heavy atom. The van der Waals surface area contributed by atoms with Gasteiger partial charge in [0, 0.05) is 19.3 Å². The van der Waals surface area contributed by atoms with Crippen LogP contribution >= 0.6 is 0 Å². The molecule has 0 heterocycles. The number of aliphatic hydroxyl groups excluding tert-OH is 3. The summed E-state index contributed by atoms with van der Waals surface area (Å²) in [4.78, 5) is 25.7. The van der Waals surface area contributed by atoms with Crippen LogP contribution in [0.2, 0.25) is 0 Å². The number of hydrogen-bond acceptors (Lipinski definition) is 9. The number of hydrogen-bond donors (Lipinski definition) is 7. The van der Waals surface area contributed by atoms with Gasteiger partial charge in [0.1, 0.15) is 6.10 Å². The molecule has 0 aromatic rings. The molecule has 0 fully saturated rings. The molecule has 0 saturated carbocycles. The number of allylic oxidation sites excluding steroid dienone is 3. The van der Waals surface area contributed by atoms with Crippen LogP contribution < -0.4 is 0 Å². The molecule has 0 aliphatic rings. The van der Waals surface area contributed by atoms with Crippen LogP contribution in [0.1, 0.15) is 180 Å². The van der Waals surface area contributed by atoms with Gasteiger partial charge in [-0.2, -0.15) is 0 Å². The van der Waals surface area contributed by atoms with E-state index in [9.17, 15) is 30.0 Å². The molecule has 0 aromatic heterocycles. The molecular formula is C39H72O9. The zero-order valence-corrected chi connectivity index (χ0v) is 30.2. The van der Waals surface area contributed by atoms with E-state index in [2.05, 4.69) is 31.2 Å². The third-order valence-corrected chi connectivity index (χ3v) is 9.07. The monoisotopic (exact) mass is 685 g/mol. The normalized spacial score (nSPS) is 14.9. The summed E-state index contributed by atoms with van der Waals surface area (Å²) in [6.07, 6.45) is 28.8. The zero-order chi connectivity index (χ0) is 35.9. The van der Waals surface area contributed by atoms with Gasteiger partial charge in [0.25, 0.3) is 5.97 Å². The van der Waals surface area contributed by atoms with E-state index in [1.165, 1.54) is 19.3 Å². The second-order valence-electron chi connectivity index (χ2n) is 13.7. The number of carbonyl (C=O) groups excluding carboxylic acids is 2. The van der Waals surface area contributed by atoms with Crippen molar-refractivity contribution in [1.82, 2.24) is 0 Å². The highest BCUT2D eigenvalue weighted by molar-refractivity contribution is 6.10. The molecule has 3 atom stereocenters. The van der Waals surface area contributed by atoms with E-state index >= 15 is 0 Å². The quantitative estimate of drug-likeness (QED) is 0.0163. The average Bonchev–Trinajstić information content (AvgIpc) is 3.05. The number of aliphatic hydroxyl groups is 7. The van der Waals surface area contributed by atoms with Crippen LogP contribution in [-0.4, -0.2) is 77.7 Å². The summed E-state index contributed by atoms with van der Waals surface area (Å²) in [7, 11) is 0. The molecule has 0 aliphatic heterocycles. The first kappa shape index (κ1) is 46.5. The molecule has 48 heavy (non-hydrogen) atoms. The number of unbranched alkanes of at least 4 members (excludes halogenated alkanes) is 18. The van der Waals surface area contributed by atoms with Crippen molar-refractivity contribution < 1.29 is 45.3 Å². The summed E-state index contributed by atoms with van der Waals surface area (Å²) < 4.78 is 0. The molecule has 282 valence electrons. The Kier molecular flexibility index (Phi) is 29.4. The molecule has 0 bridgehead atoms. The predicted octanol–water partition coefficient (Wildman–Crippen LogP) is 6.87. The average molecular weight is 685 g/mol. The lowest BCUT2D eigenvalue weighted by molar-refractivity contribution is -0.315. The second kappa shape index (κ2) is 30.4. The minimum absolute atomic E-state index is 0.0104. The Balaban J connectivity index is 4.04. The van der Waals surface area contributed by atoms with Crippen molar-refractivity contribution in [2.75, 3.05) is 6.61 Å². The fourth-order valence-electron chi connectivity index (χ4n) is 5.88. The molecule has 0 aliphatic carbocycles. The number of carbonyl (C=O) groups is 2. The first-order chi connectivity index (χ1) is 23.0. The minimum atomic E-state index is -2.55. The van der Waals surface area contributed by atoms with Gasteiger partial charge in [-0.05, 0) is 70.6 Å². The third kappa shape index (κ3) is 25.5. The van der Waals surface area contributed by atoms with Gasteiger partial charge in [0.15, 0.2) is 11.6 Å². The van der Waals surface area contributed by atoms with Crippen molar-refractivity contribution >= 4 is 11.6 Å². The SMILES string of the molecule is CCCCCC[C@@H](O)C/C=C\CCCCCCCC(=O)C(O)(C(=O)CCCCCCC/C=C\CCCCCCCC(O)(O)O)C(O)CO. The van der Waals surface area contributed by atoms with Gasteiger partial charge in [0.05, 0.1) is 12.7 Å². The lowest BCUT2D eigenvalue weighted by Crippen LogP contribution is -2.57. The van der Waals surface area contributed by atoms with Gasteiger partial charge in [0.2, 0.25) is 5.60 Å². The van der Waals surface area contributed by atoms with Crippen molar-refractivity contribution in [3.63, 3.8) is 0 Å². The Bertz CT molecular complexity index is 836. The van der Waals surface area contributed by atoms with Crippen molar-refractivity contribution in [2.24, 2.45) is 0 Å². The zero-order valence-electron chi connectivity index (χ0n) is 30.2. The Hall–Kier alpha value is -1.46. The topological polar surface area (TPSA) is 176 Å². The van der Waals surface area contributed by atoms with Gasteiger partial charge < -0.3 is 35.7 Å². The van der Waals surface area contributed by atoms with Crippen molar-refractivity contribution in [3.8, 4) is 0 Å². The standard InChI is InChI=1S/C39H72O9/c1-2-3-4-23-28-34(41)29-24-19-15-12-13-17-21-26-31-36(43)39(48,37(44)33-40)35(42)30-25-20-16-11-9-7-5-6-8-10-14-18-22-27-32-38(45,46)47/h5-6,19,24,34,37,40-41,44-48H,2-4,7-18,20-23,25-33H2,1H3/b6-5-,24-19-/t34-,37?,39?/m1/s1. The van der Waals surface area contributed by atoms with E-state index in [1.807, 2.05) is 0 Å². The Morgan fingerprint density at radius 1 is 0.562 bits per heavy atom. The van der Waals surface area contributed by atoms with Crippen molar-refractivity contribution in [2.45, 2.75) is 204 Å². The van der Waals surface area contributed by atoms with E-state index in [4.69, 9.17) is 15.3 Å². The molecule has 7 N–H and O–H groups in total. The smallest absolute Gasteiger partial charge is 0.275 e. The molecule has 0 radical (unpaired) electrons. The minimum Gasteiger partial charge on any atom is -0.394 e. The van der Waals surface area contributed by atoms with Crippen LogP contribution in [0.25, 0.3) is 0 Å². The number of ketones is 2. The summed E-state index contributed by atoms with van der Waals surface area (Å²) >= 11 is 0. The van der Waals surface area contributed by atoms with E-state index in [0.29, 0.717) is 25.7 Å². The van der Waals surface area contributed by atoms with E-state index in [1.54, 1.807) is 0 Å². The van der Waals surface area contributed by atoms with Crippen molar-refractivity contribution in [3.05, 3.63) is 24.3 Å². The summed E-state index contributed by atoms with van der Waals surface area (Å²) in [5.41, 5.74) is -2.55. The Morgan fingerprint density at radius 2 is 0.979 bits per heavy atom. The lowest BCUT2D eigenvalue weighted by atomic mass is 9.82. The molecule has 9 nitrogen and oxygen atoms in total.